The smallest absolute Gasteiger partial charge is 0.373 e. The van der Waals surface area contributed by atoms with Gasteiger partial charge >= 0.3 is 5.97 Å². The number of rotatable bonds is 3. The van der Waals surface area contributed by atoms with Crippen LogP contribution in [0.25, 0.3) is 11.5 Å². The Kier molecular flexibility index (Phi) is 3.15. The second-order valence-corrected chi connectivity index (χ2v) is 3.90. The lowest BCUT2D eigenvalue weighted by Gasteiger charge is -1.95. The fourth-order valence-electron chi connectivity index (χ4n) is 1.50. The third-order valence-electron chi connectivity index (χ3n) is 2.30. The monoisotopic (exact) mass is 251 g/mol. The van der Waals surface area contributed by atoms with E-state index in [-0.39, 0.29) is 11.7 Å². The van der Waals surface area contributed by atoms with E-state index < -0.39 is 5.97 Å². The van der Waals surface area contributed by atoms with Gasteiger partial charge in [-0.3, -0.25) is 0 Å². The highest BCUT2D eigenvalue weighted by Gasteiger charge is 2.18. The summed E-state index contributed by atoms with van der Waals surface area (Å²) in [5.41, 5.74) is 1.10. The second kappa shape index (κ2) is 4.59. The average molecular weight is 252 g/mol. The molecular weight excluding hydrogens is 242 g/mol. The van der Waals surface area contributed by atoms with Gasteiger partial charge in [0, 0.05) is 10.6 Å². The van der Waals surface area contributed by atoms with Crippen LogP contribution in [0.2, 0.25) is 5.02 Å². The van der Waals surface area contributed by atoms with Gasteiger partial charge in [0.25, 0.3) is 0 Å². The van der Waals surface area contributed by atoms with Crippen LogP contribution in [0.5, 0.6) is 0 Å². The minimum atomic E-state index is -1.11. The zero-order chi connectivity index (χ0) is 12.4. The van der Waals surface area contributed by atoms with E-state index in [0.717, 1.165) is 0 Å². The van der Waals surface area contributed by atoms with Crippen LogP contribution in [-0.4, -0.2) is 16.1 Å². The first-order valence-electron chi connectivity index (χ1n) is 5.10. The van der Waals surface area contributed by atoms with E-state index in [1.54, 1.807) is 24.3 Å². The number of aromatic carboxylic acids is 1. The Balaban J connectivity index is 2.50. The van der Waals surface area contributed by atoms with Gasteiger partial charge in [0.2, 0.25) is 11.7 Å². The highest BCUT2D eigenvalue weighted by Crippen LogP contribution is 2.24. The maximum Gasteiger partial charge on any atom is 0.373 e. The highest BCUT2D eigenvalue weighted by atomic mass is 35.5. The maximum absolute atomic E-state index is 10.9. The van der Waals surface area contributed by atoms with Crippen LogP contribution in [0.3, 0.4) is 0 Å². The number of carboxylic acids is 1. The lowest BCUT2D eigenvalue weighted by Crippen LogP contribution is -1.98. The number of aromatic nitrogens is 1. The lowest BCUT2D eigenvalue weighted by molar-refractivity contribution is 0.0662. The standard InChI is InChI=1S/C12H10ClNO3/c1-2-9-10(12(15)16)17-11(14-9)7-4-3-5-8(13)6-7/h3-6H,2H2,1H3,(H,15,16). The summed E-state index contributed by atoms with van der Waals surface area (Å²) in [4.78, 5) is 15.1. The van der Waals surface area contributed by atoms with Gasteiger partial charge in [-0.1, -0.05) is 24.6 Å². The number of hydrogen-bond acceptors (Lipinski definition) is 3. The number of nitrogens with zero attached hydrogens (tertiary/aromatic N) is 1. The van der Waals surface area contributed by atoms with Crippen molar-refractivity contribution in [1.29, 1.82) is 0 Å². The Morgan fingerprint density at radius 3 is 2.82 bits per heavy atom. The summed E-state index contributed by atoms with van der Waals surface area (Å²) in [5, 5.41) is 9.50. The summed E-state index contributed by atoms with van der Waals surface area (Å²) in [6.45, 7) is 1.83. The van der Waals surface area contributed by atoms with E-state index >= 15 is 0 Å². The number of aryl methyl sites for hydroxylation is 1. The van der Waals surface area contributed by atoms with Crippen LogP contribution in [0.1, 0.15) is 23.2 Å². The van der Waals surface area contributed by atoms with Crippen molar-refractivity contribution in [3.8, 4) is 11.5 Å². The van der Waals surface area contributed by atoms with Crippen molar-refractivity contribution in [3.63, 3.8) is 0 Å². The first-order chi connectivity index (χ1) is 8.11. The number of benzene rings is 1. The van der Waals surface area contributed by atoms with Gasteiger partial charge in [-0.2, -0.15) is 0 Å². The highest BCUT2D eigenvalue weighted by molar-refractivity contribution is 6.30. The molecule has 0 aliphatic heterocycles. The van der Waals surface area contributed by atoms with Crippen LogP contribution in [-0.2, 0) is 6.42 Å². The van der Waals surface area contributed by atoms with Gasteiger partial charge in [0.05, 0.1) is 5.69 Å². The van der Waals surface area contributed by atoms with Crippen molar-refractivity contribution in [2.45, 2.75) is 13.3 Å². The predicted molar refractivity (Wildman–Crippen MR) is 63.3 cm³/mol. The molecule has 0 saturated carbocycles. The van der Waals surface area contributed by atoms with Crippen molar-refractivity contribution >= 4 is 17.6 Å². The molecule has 5 heteroatoms. The van der Waals surface area contributed by atoms with E-state index in [1.165, 1.54) is 0 Å². The van der Waals surface area contributed by atoms with Crippen LogP contribution in [0, 0.1) is 0 Å². The first kappa shape index (κ1) is 11.7. The van der Waals surface area contributed by atoms with Crippen molar-refractivity contribution < 1.29 is 14.3 Å². The minimum Gasteiger partial charge on any atom is -0.475 e. The zero-order valence-electron chi connectivity index (χ0n) is 9.11. The van der Waals surface area contributed by atoms with Gasteiger partial charge in [-0.25, -0.2) is 9.78 Å². The summed E-state index contributed by atoms with van der Waals surface area (Å²) in [6, 6.07) is 6.93. The molecule has 0 bridgehead atoms. The molecule has 0 saturated heterocycles. The molecule has 0 aliphatic carbocycles. The lowest BCUT2D eigenvalue weighted by atomic mass is 10.2. The number of halogens is 1. The van der Waals surface area contributed by atoms with E-state index in [1.807, 2.05) is 6.92 Å². The molecule has 1 aromatic carbocycles. The molecule has 0 spiro atoms. The topological polar surface area (TPSA) is 63.3 Å². The SMILES string of the molecule is CCc1nc(-c2cccc(Cl)c2)oc1C(=O)O. The molecule has 0 unspecified atom stereocenters. The maximum atomic E-state index is 10.9. The molecular formula is C12H10ClNO3. The van der Waals surface area contributed by atoms with Gasteiger partial charge in [-0.15, -0.1) is 0 Å². The third-order valence-corrected chi connectivity index (χ3v) is 2.53. The van der Waals surface area contributed by atoms with Crippen LogP contribution in [0.15, 0.2) is 28.7 Å². The van der Waals surface area contributed by atoms with Crippen molar-refractivity contribution in [2.75, 3.05) is 0 Å². The summed E-state index contributed by atoms with van der Waals surface area (Å²) in [5.74, 6) is -0.938. The van der Waals surface area contributed by atoms with Crippen molar-refractivity contribution in [1.82, 2.24) is 4.98 Å². The van der Waals surface area contributed by atoms with E-state index in [4.69, 9.17) is 21.1 Å². The summed E-state index contributed by atoms with van der Waals surface area (Å²) in [6.07, 6.45) is 0.506. The van der Waals surface area contributed by atoms with Gasteiger partial charge in [0.15, 0.2) is 0 Å². The number of oxazole rings is 1. The van der Waals surface area contributed by atoms with E-state index in [9.17, 15) is 4.79 Å². The van der Waals surface area contributed by atoms with Crippen LogP contribution < -0.4 is 0 Å². The van der Waals surface area contributed by atoms with Crippen molar-refractivity contribution in [3.05, 3.63) is 40.7 Å². The number of carboxylic acid groups (broad SMARTS) is 1. The summed E-state index contributed by atoms with van der Waals surface area (Å²) >= 11 is 5.85. The molecule has 0 radical (unpaired) electrons. The second-order valence-electron chi connectivity index (χ2n) is 3.46. The molecule has 0 aliphatic rings. The summed E-state index contributed by atoms with van der Waals surface area (Å²) < 4.78 is 5.24. The molecule has 0 atom stereocenters. The Hall–Kier alpha value is -1.81. The Morgan fingerprint density at radius 1 is 1.53 bits per heavy atom. The summed E-state index contributed by atoms with van der Waals surface area (Å²) in [7, 11) is 0. The zero-order valence-corrected chi connectivity index (χ0v) is 9.86. The average Bonchev–Trinajstić information content (AvgIpc) is 2.73. The third kappa shape index (κ3) is 2.31. The largest absolute Gasteiger partial charge is 0.475 e. The van der Waals surface area contributed by atoms with Gasteiger partial charge < -0.3 is 9.52 Å². The minimum absolute atomic E-state index is 0.109. The molecule has 4 nitrogen and oxygen atoms in total. The van der Waals surface area contributed by atoms with E-state index in [0.29, 0.717) is 22.7 Å². The molecule has 1 aromatic heterocycles. The fourth-order valence-corrected chi connectivity index (χ4v) is 1.69. The molecule has 88 valence electrons. The predicted octanol–water partition coefficient (Wildman–Crippen LogP) is 3.26. The molecule has 1 N–H and O–H groups in total. The molecule has 2 rings (SSSR count). The van der Waals surface area contributed by atoms with Gasteiger partial charge in [-0.05, 0) is 24.6 Å². The Labute approximate surface area is 103 Å². The number of hydrogen-bond donors (Lipinski definition) is 1. The molecule has 17 heavy (non-hydrogen) atoms. The van der Waals surface area contributed by atoms with Crippen molar-refractivity contribution in [2.24, 2.45) is 0 Å². The molecule has 0 amide bonds. The van der Waals surface area contributed by atoms with Crippen LogP contribution >= 0.6 is 11.6 Å². The Morgan fingerprint density at radius 2 is 2.29 bits per heavy atom. The normalized spacial score (nSPS) is 10.5. The molecule has 1 heterocycles. The molecule has 0 fully saturated rings. The fraction of sp³-hybridized carbons (Fsp3) is 0.167. The quantitative estimate of drug-likeness (QED) is 0.909. The van der Waals surface area contributed by atoms with Crippen LogP contribution in [0.4, 0.5) is 0 Å². The Bertz CT molecular complexity index is 563. The van der Waals surface area contributed by atoms with Gasteiger partial charge in [0.1, 0.15) is 0 Å². The number of carbonyl (C=O) groups is 1. The first-order valence-corrected chi connectivity index (χ1v) is 5.48. The molecule has 2 aromatic rings. The van der Waals surface area contributed by atoms with E-state index in [2.05, 4.69) is 4.98 Å².